The molecule has 34 heavy (non-hydrogen) atoms. The smallest absolute Gasteiger partial charge is 0.403 e. The number of hydrogen-bond acceptors (Lipinski definition) is 6. The highest BCUT2D eigenvalue weighted by Crippen LogP contribution is 2.60. The Labute approximate surface area is 193 Å². The number of carbonyl (C=O) groups is 2. The van der Waals surface area contributed by atoms with Crippen molar-refractivity contribution in [3.63, 3.8) is 0 Å². The lowest BCUT2D eigenvalue weighted by atomic mass is 9.71. The number of anilines is 1. The summed E-state index contributed by atoms with van der Waals surface area (Å²) in [5.74, 6) is -2.67. The third-order valence-corrected chi connectivity index (χ3v) is 7.06. The number of aromatic nitrogens is 1. The zero-order chi connectivity index (χ0) is 24.7. The number of amides is 1. The summed E-state index contributed by atoms with van der Waals surface area (Å²) < 4.78 is 65.7. The fourth-order valence-corrected chi connectivity index (χ4v) is 5.23. The summed E-state index contributed by atoms with van der Waals surface area (Å²) in [6.07, 6.45) is -3.83. The van der Waals surface area contributed by atoms with Crippen LogP contribution in [0.15, 0.2) is 22.9 Å². The van der Waals surface area contributed by atoms with Gasteiger partial charge in [0.2, 0.25) is 5.91 Å². The summed E-state index contributed by atoms with van der Waals surface area (Å²) >= 11 is 0. The van der Waals surface area contributed by atoms with Gasteiger partial charge in [0.1, 0.15) is 22.3 Å². The molecule has 2 aromatic rings. The summed E-state index contributed by atoms with van der Waals surface area (Å²) in [4.78, 5) is 32.8. The van der Waals surface area contributed by atoms with E-state index in [0.29, 0.717) is 16.8 Å². The second-order valence-corrected chi connectivity index (χ2v) is 10.7. The van der Waals surface area contributed by atoms with E-state index in [9.17, 15) is 27.2 Å². The van der Waals surface area contributed by atoms with Crippen molar-refractivity contribution < 1.29 is 36.3 Å². The number of oxazole rings is 1. The maximum atomic E-state index is 14.3. The van der Waals surface area contributed by atoms with E-state index < -0.39 is 46.2 Å². The van der Waals surface area contributed by atoms with Crippen LogP contribution >= 0.6 is 0 Å². The Morgan fingerprint density at radius 2 is 1.82 bits per heavy atom. The van der Waals surface area contributed by atoms with Crippen molar-refractivity contribution in [2.45, 2.75) is 45.4 Å². The SMILES string of the molecule is CC(C)(C)OC(=O)[C@@H]1CN(c2cc(F)cc3ncoc23)CC12CN(C(=O)C1(C(F)(F)F)CC1)C2. The quantitative estimate of drug-likeness (QED) is 0.487. The third-order valence-electron chi connectivity index (χ3n) is 7.06. The van der Waals surface area contributed by atoms with Gasteiger partial charge in [-0.15, -0.1) is 0 Å². The molecule has 2 saturated heterocycles. The molecule has 2 aliphatic heterocycles. The lowest BCUT2D eigenvalue weighted by Gasteiger charge is -2.51. The monoisotopic (exact) mass is 483 g/mol. The minimum absolute atomic E-state index is 0.00106. The molecule has 11 heteroatoms. The lowest BCUT2D eigenvalue weighted by molar-refractivity contribution is -0.206. The van der Waals surface area contributed by atoms with E-state index in [1.807, 2.05) is 0 Å². The molecule has 0 unspecified atom stereocenters. The van der Waals surface area contributed by atoms with E-state index in [0.717, 1.165) is 0 Å². The summed E-state index contributed by atoms with van der Waals surface area (Å²) in [5, 5.41) is 0. The standard InChI is InChI=1S/C23H25F4N3O4/c1-20(2,3)34-18(31)14-8-29(16-7-13(24)6-15-17(16)33-12-28-15)9-21(14)10-30(11-21)19(32)22(4-5-22)23(25,26)27/h6-7,12,14H,4-5,8-11H2,1-3H3/t14-/m0/s1. The van der Waals surface area contributed by atoms with Gasteiger partial charge in [0.05, 0.1) is 11.6 Å². The van der Waals surface area contributed by atoms with Crippen LogP contribution in [0, 0.1) is 22.6 Å². The highest BCUT2D eigenvalue weighted by molar-refractivity contribution is 5.89. The molecule has 7 nitrogen and oxygen atoms in total. The van der Waals surface area contributed by atoms with E-state index in [-0.39, 0.29) is 39.0 Å². The number of fused-ring (bicyclic) bond motifs is 1. The van der Waals surface area contributed by atoms with Gasteiger partial charge in [0.15, 0.2) is 12.0 Å². The number of likely N-dealkylation sites (tertiary alicyclic amines) is 1. The van der Waals surface area contributed by atoms with Gasteiger partial charge in [-0.1, -0.05) is 0 Å². The van der Waals surface area contributed by atoms with Crippen LogP contribution in [-0.4, -0.2) is 59.7 Å². The minimum atomic E-state index is -4.60. The highest BCUT2D eigenvalue weighted by Gasteiger charge is 2.71. The van der Waals surface area contributed by atoms with Crippen molar-refractivity contribution in [3.05, 3.63) is 24.3 Å². The largest absolute Gasteiger partial charge is 0.460 e. The predicted molar refractivity (Wildman–Crippen MR) is 112 cm³/mol. The van der Waals surface area contributed by atoms with Gasteiger partial charge in [0, 0.05) is 43.7 Å². The van der Waals surface area contributed by atoms with Crippen LogP contribution in [0.2, 0.25) is 0 Å². The van der Waals surface area contributed by atoms with Gasteiger partial charge < -0.3 is 19.0 Å². The first-order valence-electron chi connectivity index (χ1n) is 11.1. The summed E-state index contributed by atoms with van der Waals surface area (Å²) in [5.41, 5.74) is -2.81. The summed E-state index contributed by atoms with van der Waals surface area (Å²) in [6, 6.07) is 2.51. The first-order chi connectivity index (χ1) is 15.7. The molecule has 1 atom stereocenters. The fraction of sp³-hybridized carbons (Fsp3) is 0.609. The van der Waals surface area contributed by atoms with Crippen molar-refractivity contribution >= 4 is 28.7 Å². The van der Waals surface area contributed by atoms with E-state index in [1.165, 1.54) is 23.4 Å². The van der Waals surface area contributed by atoms with Crippen LogP contribution in [0.25, 0.3) is 11.1 Å². The minimum Gasteiger partial charge on any atom is -0.460 e. The number of rotatable bonds is 3. The molecule has 1 amide bonds. The first-order valence-corrected chi connectivity index (χ1v) is 11.1. The molecule has 3 fully saturated rings. The average Bonchev–Trinajstić information content (AvgIpc) is 3.21. The lowest BCUT2D eigenvalue weighted by Crippen LogP contribution is -2.65. The normalized spacial score (nSPS) is 23.3. The van der Waals surface area contributed by atoms with Gasteiger partial charge in [0.25, 0.3) is 0 Å². The molecular formula is C23H25F4N3O4. The second kappa shape index (κ2) is 7.08. The molecule has 3 heterocycles. The Kier molecular flexibility index (Phi) is 4.77. The molecule has 0 radical (unpaired) electrons. The van der Waals surface area contributed by atoms with Crippen LogP contribution in [-0.2, 0) is 14.3 Å². The van der Waals surface area contributed by atoms with E-state index >= 15 is 0 Å². The van der Waals surface area contributed by atoms with Gasteiger partial charge in [-0.25, -0.2) is 9.37 Å². The van der Waals surface area contributed by atoms with E-state index in [4.69, 9.17) is 9.15 Å². The maximum absolute atomic E-state index is 14.3. The zero-order valence-electron chi connectivity index (χ0n) is 19.0. The first kappa shape index (κ1) is 22.9. The number of alkyl halides is 3. The number of nitrogens with zero attached hydrogens (tertiary/aromatic N) is 3. The van der Waals surface area contributed by atoms with Gasteiger partial charge in [-0.05, 0) is 33.6 Å². The topological polar surface area (TPSA) is 75.9 Å². The summed E-state index contributed by atoms with van der Waals surface area (Å²) in [6.45, 7) is 5.57. The van der Waals surface area contributed by atoms with Crippen molar-refractivity contribution in [2.24, 2.45) is 16.7 Å². The van der Waals surface area contributed by atoms with E-state index in [2.05, 4.69) is 4.98 Å². The van der Waals surface area contributed by atoms with Crippen LogP contribution in [0.1, 0.15) is 33.6 Å². The van der Waals surface area contributed by atoms with Crippen LogP contribution in [0.3, 0.4) is 0 Å². The Hall–Kier alpha value is -2.85. The highest BCUT2D eigenvalue weighted by atomic mass is 19.4. The van der Waals surface area contributed by atoms with Crippen molar-refractivity contribution in [2.75, 3.05) is 31.1 Å². The number of hydrogen-bond donors (Lipinski definition) is 0. The number of carbonyl (C=O) groups excluding carboxylic acids is 2. The molecule has 1 aromatic heterocycles. The molecule has 3 aliphatic rings. The molecule has 0 N–H and O–H groups in total. The molecule has 1 aromatic carbocycles. The molecule has 1 saturated carbocycles. The van der Waals surface area contributed by atoms with Gasteiger partial charge >= 0.3 is 12.1 Å². The van der Waals surface area contributed by atoms with Crippen molar-refractivity contribution in [1.82, 2.24) is 9.88 Å². The van der Waals surface area contributed by atoms with Gasteiger partial charge in [-0.3, -0.25) is 9.59 Å². The second-order valence-electron chi connectivity index (χ2n) is 10.7. The third kappa shape index (κ3) is 3.51. The zero-order valence-corrected chi connectivity index (χ0v) is 19.0. The number of esters is 1. The Bertz CT molecular complexity index is 1160. The predicted octanol–water partition coefficient (Wildman–Crippen LogP) is 3.92. The number of ether oxygens (including phenoxy) is 1. The molecule has 1 aliphatic carbocycles. The Balaban J connectivity index is 1.44. The molecule has 1 spiro atoms. The van der Waals surface area contributed by atoms with Crippen LogP contribution < -0.4 is 4.90 Å². The van der Waals surface area contributed by atoms with Gasteiger partial charge in [-0.2, -0.15) is 13.2 Å². The Morgan fingerprint density at radius 3 is 2.41 bits per heavy atom. The van der Waals surface area contributed by atoms with Crippen molar-refractivity contribution in [1.29, 1.82) is 0 Å². The van der Waals surface area contributed by atoms with E-state index in [1.54, 1.807) is 25.7 Å². The Morgan fingerprint density at radius 1 is 1.15 bits per heavy atom. The fourth-order valence-electron chi connectivity index (χ4n) is 5.23. The molecular weight excluding hydrogens is 458 g/mol. The summed E-state index contributed by atoms with van der Waals surface area (Å²) in [7, 11) is 0. The van der Waals surface area contributed by atoms with Crippen molar-refractivity contribution in [3.8, 4) is 0 Å². The molecule has 0 bridgehead atoms. The number of halogens is 4. The number of benzene rings is 1. The van der Waals surface area contributed by atoms with Crippen LogP contribution in [0.5, 0.6) is 0 Å². The average molecular weight is 483 g/mol. The molecule has 184 valence electrons. The van der Waals surface area contributed by atoms with Crippen LogP contribution in [0.4, 0.5) is 23.2 Å². The maximum Gasteiger partial charge on any atom is 0.403 e. The molecule has 5 rings (SSSR count).